The maximum atomic E-state index is 12.7. The molecule has 0 radical (unpaired) electrons. The predicted molar refractivity (Wildman–Crippen MR) is 95.9 cm³/mol. The number of nitrogens with one attached hydrogen (secondary N) is 1. The molecule has 2 aromatic rings. The molecule has 1 atom stereocenters. The van der Waals surface area contributed by atoms with Gasteiger partial charge < -0.3 is 19.7 Å². The van der Waals surface area contributed by atoms with Gasteiger partial charge in [0.25, 0.3) is 0 Å². The van der Waals surface area contributed by atoms with Crippen LogP contribution in [0.25, 0.3) is 0 Å². The lowest BCUT2D eigenvalue weighted by molar-refractivity contribution is -0.140. The summed E-state index contributed by atoms with van der Waals surface area (Å²) in [7, 11) is 5.51. The SMILES string of the molecule is COCCOC(=O)C1=C(C)Nc2nnnn2[C@H]1c1ccc(N(C)C)cc1. The minimum atomic E-state index is -0.465. The number of ether oxygens (including phenoxy) is 2. The van der Waals surface area contributed by atoms with E-state index < -0.39 is 12.0 Å². The smallest absolute Gasteiger partial charge is 0.338 e. The normalized spacial score (nSPS) is 16.1. The first-order valence-corrected chi connectivity index (χ1v) is 8.22. The minimum Gasteiger partial charge on any atom is -0.460 e. The molecular weight excluding hydrogens is 336 g/mol. The second-order valence-corrected chi connectivity index (χ2v) is 6.13. The molecule has 1 N–H and O–H groups in total. The first-order valence-electron chi connectivity index (χ1n) is 8.22. The van der Waals surface area contributed by atoms with Gasteiger partial charge in [-0.05, 0) is 35.0 Å². The summed E-state index contributed by atoms with van der Waals surface area (Å²) in [5.41, 5.74) is 3.09. The van der Waals surface area contributed by atoms with Crippen molar-refractivity contribution in [2.75, 3.05) is 44.6 Å². The molecule has 0 bridgehead atoms. The van der Waals surface area contributed by atoms with E-state index in [1.807, 2.05) is 50.2 Å². The van der Waals surface area contributed by atoms with Gasteiger partial charge >= 0.3 is 5.97 Å². The quantitative estimate of drug-likeness (QED) is 0.608. The number of anilines is 2. The standard InChI is InChI=1S/C17H22N6O3/c1-11-14(16(24)26-10-9-25-4)15(23-17(18-11)19-20-21-23)12-5-7-13(8-6-12)22(2)3/h5-8,15H,9-10H2,1-4H3,(H,18,19,21)/t15-/m0/s1. The number of rotatable bonds is 6. The number of nitrogens with zero attached hydrogens (tertiary/aromatic N) is 5. The molecule has 9 heteroatoms. The van der Waals surface area contributed by atoms with Gasteiger partial charge in [0.05, 0.1) is 12.2 Å². The minimum absolute atomic E-state index is 0.181. The highest BCUT2D eigenvalue weighted by Crippen LogP contribution is 2.35. The van der Waals surface area contributed by atoms with Crippen LogP contribution in [0, 0.1) is 0 Å². The summed E-state index contributed by atoms with van der Waals surface area (Å²) >= 11 is 0. The van der Waals surface area contributed by atoms with Gasteiger partial charge in [-0.1, -0.05) is 17.2 Å². The summed E-state index contributed by atoms with van der Waals surface area (Å²) < 4.78 is 11.9. The summed E-state index contributed by atoms with van der Waals surface area (Å²) in [5, 5.41) is 14.8. The van der Waals surface area contributed by atoms with E-state index in [0.717, 1.165) is 11.3 Å². The molecule has 0 aliphatic carbocycles. The van der Waals surface area contributed by atoms with E-state index >= 15 is 0 Å². The van der Waals surface area contributed by atoms with Crippen molar-refractivity contribution in [1.82, 2.24) is 20.2 Å². The zero-order valence-corrected chi connectivity index (χ0v) is 15.3. The third kappa shape index (κ3) is 3.38. The number of benzene rings is 1. The zero-order valence-electron chi connectivity index (χ0n) is 15.3. The van der Waals surface area contributed by atoms with Gasteiger partial charge in [0.1, 0.15) is 12.6 Å². The summed E-state index contributed by atoms with van der Waals surface area (Å²) in [5.74, 6) is 0.0625. The van der Waals surface area contributed by atoms with Crippen LogP contribution in [0.3, 0.4) is 0 Å². The lowest BCUT2D eigenvalue weighted by Crippen LogP contribution is -2.30. The van der Waals surface area contributed by atoms with Crippen LogP contribution in [0.5, 0.6) is 0 Å². The largest absolute Gasteiger partial charge is 0.460 e. The number of fused-ring (bicyclic) bond motifs is 1. The molecule has 1 aromatic heterocycles. The maximum absolute atomic E-state index is 12.7. The predicted octanol–water partition coefficient (Wildman–Crippen LogP) is 1.22. The van der Waals surface area contributed by atoms with E-state index in [-0.39, 0.29) is 6.61 Å². The topological polar surface area (TPSA) is 94.4 Å². The summed E-state index contributed by atoms with van der Waals surface area (Å²) in [6.45, 7) is 2.33. The molecule has 1 aromatic carbocycles. The van der Waals surface area contributed by atoms with Crippen LogP contribution in [0.15, 0.2) is 35.5 Å². The molecule has 26 heavy (non-hydrogen) atoms. The lowest BCUT2D eigenvalue weighted by atomic mass is 9.95. The molecular formula is C17H22N6O3. The summed E-state index contributed by atoms with van der Waals surface area (Å²) in [4.78, 5) is 14.7. The van der Waals surface area contributed by atoms with Gasteiger partial charge in [0, 0.05) is 32.6 Å². The van der Waals surface area contributed by atoms with Crippen molar-refractivity contribution in [2.24, 2.45) is 0 Å². The van der Waals surface area contributed by atoms with E-state index in [2.05, 4.69) is 20.8 Å². The van der Waals surface area contributed by atoms with Gasteiger partial charge in [0.15, 0.2) is 0 Å². The number of tetrazole rings is 1. The Morgan fingerprint density at radius 2 is 2.00 bits per heavy atom. The second-order valence-electron chi connectivity index (χ2n) is 6.13. The van der Waals surface area contributed by atoms with Crippen molar-refractivity contribution in [3.05, 3.63) is 41.1 Å². The van der Waals surface area contributed by atoms with E-state index in [1.165, 1.54) is 0 Å². The fraction of sp³-hybridized carbons (Fsp3) is 0.412. The molecule has 0 saturated heterocycles. The average molecular weight is 358 g/mol. The van der Waals surface area contributed by atoms with Gasteiger partial charge in [-0.2, -0.15) is 4.68 Å². The van der Waals surface area contributed by atoms with Crippen LogP contribution in [0.4, 0.5) is 11.6 Å². The summed E-state index contributed by atoms with van der Waals surface area (Å²) in [6.07, 6.45) is 0. The van der Waals surface area contributed by atoms with E-state index in [4.69, 9.17) is 9.47 Å². The molecule has 9 nitrogen and oxygen atoms in total. The van der Waals surface area contributed by atoms with Crippen molar-refractivity contribution < 1.29 is 14.3 Å². The molecule has 0 fully saturated rings. The van der Waals surface area contributed by atoms with Crippen molar-refractivity contribution in [2.45, 2.75) is 13.0 Å². The van der Waals surface area contributed by atoms with E-state index in [9.17, 15) is 4.79 Å². The Balaban J connectivity index is 1.99. The molecule has 3 rings (SSSR count). The third-order valence-electron chi connectivity index (χ3n) is 4.18. The molecule has 2 heterocycles. The Morgan fingerprint density at radius 1 is 1.27 bits per heavy atom. The van der Waals surface area contributed by atoms with Gasteiger partial charge in [-0.25, -0.2) is 4.79 Å². The maximum Gasteiger partial charge on any atom is 0.338 e. The second kappa shape index (κ2) is 7.52. The Labute approximate surface area is 151 Å². The number of carbonyl (C=O) groups is 1. The van der Waals surface area contributed by atoms with Gasteiger partial charge in [-0.15, -0.1) is 0 Å². The number of methoxy groups -OCH3 is 1. The molecule has 138 valence electrons. The first kappa shape index (κ1) is 17.9. The highest BCUT2D eigenvalue weighted by molar-refractivity contribution is 5.92. The number of hydrogen-bond donors (Lipinski definition) is 1. The van der Waals surface area contributed by atoms with Crippen LogP contribution in [-0.2, 0) is 14.3 Å². The number of hydrogen-bond acceptors (Lipinski definition) is 8. The number of allylic oxidation sites excluding steroid dienone is 1. The highest BCUT2D eigenvalue weighted by atomic mass is 16.6. The van der Waals surface area contributed by atoms with Crippen molar-refractivity contribution in [1.29, 1.82) is 0 Å². The fourth-order valence-corrected chi connectivity index (χ4v) is 2.84. The Hall–Kier alpha value is -2.94. The van der Waals surface area contributed by atoms with E-state index in [1.54, 1.807) is 11.8 Å². The zero-order chi connectivity index (χ0) is 18.7. The van der Waals surface area contributed by atoms with E-state index in [0.29, 0.717) is 23.8 Å². The Bertz CT molecular complexity index is 812. The van der Waals surface area contributed by atoms with Crippen molar-refractivity contribution >= 4 is 17.6 Å². The molecule has 1 aliphatic rings. The number of esters is 1. The van der Waals surface area contributed by atoms with Gasteiger partial charge in [0.2, 0.25) is 5.95 Å². The average Bonchev–Trinajstić information content (AvgIpc) is 3.08. The van der Waals surface area contributed by atoms with Crippen LogP contribution >= 0.6 is 0 Å². The number of aromatic nitrogens is 4. The highest BCUT2D eigenvalue weighted by Gasteiger charge is 2.34. The fourth-order valence-electron chi connectivity index (χ4n) is 2.84. The van der Waals surface area contributed by atoms with Crippen LogP contribution < -0.4 is 10.2 Å². The van der Waals surface area contributed by atoms with Crippen LogP contribution in [-0.4, -0.2) is 60.6 Å². The molecule has 0 unspecified atom stereocenters. The summed E-state index contributed by atoms with van der Waals surface area (Å²) in [6, 6.07) is 7.45. The molecule has 0 spiro atoms. The van der Waals surface area contributed by atoms with Gasteiger partial charge in [-0.3, -0.25) is 0 Å². The lowest BCUT2D eigenvalue weighted by Gasteiger charge is -2.27. The van der Waals surface area contributed by atoms with Crippen molar-refractivity contribution in [3.8, 4) is 0 Å². The number of carbonyl (C=O) groups excluding carboxylic acids is 1. The monoisotopic (exact) mass is 358 g/mol. The first-order chi connectivity index (χ1) is 12.5. The Kier molecular flexibility index (Phi) is 5.17. The molecule has 0 saturated carbocycles. The third-order valence-corrected chi connectivity index (χ3v) is 4.18. The molecule has 0 amide bonds. The van der Waals surface area contributed by atoms with Crippen molar-refractivity contribution in [3.63, 3.8) is 0 Å². The van der Waals surface area contributed by atoms with Crippen LogP contribution in [0.2, 0.25) is 0 Å². The molecule has 1 aliphatic heterocycles. The Morgan fingerprint density at radius 3 is 2.65 bits per heavy atom. The van der Waals surface area contributed by atoms with Crippen LogP contribution in [0.1, 0.15) is 18.5 Å².